The second-order valence-electron chi connectivity index (χ2n) is 10.5. The second-order valence-corrected chi connectivity index (χ2v) is 12.6. The zero-order valence-corrected chi connectivity index (χ0v) is 23.9. The maximum absolute atomic E-state index is 12.7. The van der Waals surface area contributed by atoms with Crippen LogP contribution in [0, 0.1) is 31.6 Å². The number of rotatable bonds is 7. The highest BCUT2D eigenvalue weighted by atomic mass is 32.2. The van der Waals surface area contributed by atoms with E-state index in [2.05, 4.69) is 72.5 Å². The molecule has 1 aliphatic rings. The van der Waals surface area contributed by atoms with Gasteiger partial charge < -0.3 is 9.47 Å². The lowest BCUT2D eigenvalue weighted by molar-refractivity contribution is -0.154. The number of hydrogen-bond donors (Lipinski definition) is 0. The van der Waals surface area contributed by atoms with Crippen LogP contribution >= 0.6 is 0 Å². The Hall–Kier alpha value is -3.16. The molecule has 0 atom stereocenters. The molecule has 0 N–H and O–H groups in total. The van der Waals surface area contributed by atoms with Crippen molar-refractivity contribution in [3.05, 3.63) is 83.9 Å². The van der Waals surface area contributed by atoms with E-state index in [4.69, 9.17) is 9.47 Å². The number of benzene rings is 3. The molecular weight excluding hydrogens is 488 g/mol. The minimum Gasteiger partial charge on any atom is -0.481 e. The Labute approximate surface area is 231 Å². The van der Waals surface area contributed by atoms with Crippen LogP contribution in [-0.2, 0) is 20.4 Å². The lowest BCUT2D eigenvalue weighted by Crippen LogP contribution is -2.29. The summed E-state index contributed by atoms with van der Waals surface area (Å²) in [6, 6.07) is 25.5. The monoisotopic (exact) mass is 527 g/mol. The molecule has 0 bridgehead atoms. The van der Waals surface area contributed by atoms with E-state index in [9.17, 15) is 4.79 Å². The topological polar surface area (TPSA) is 35.5 Å². The van der Waals surface area contributed by atoms with Crippen molar-refractivity contribution in [1.82, 2.24) is 0 Å². The first-order valence-corrected chi connectivity index (χ1v) is 14.9. The van der Waals surface area contributed by atoms with Crippen molar-refractivity contribution >= 4 is 16.9 Å². The highest BCUT2D eigenvalue weighted by molar-refractivity contribution is 7.97. The molecule has 0 radical (unpaired) electrons. The second kappa shape index (κ2) is 13.1. The summed E-state index contributed by atoms with van der Waals surface area (Å²) in [6.07, 6.45) is 7.36. The van der Waals surface area contributed by atoms with Crippen LogP contribution in [-0.4, -0.2) is 18.2 Å². The van der Waals surface area contributed by atoms with Crippen molar-refractivity contribution < 1.29 is 14.3 Å². The molecule has 3 nitrogen and oxygen atoms in total. The van der Waals surface area contributed by atoms with E-state index >= 15 is 0 Å². The van der Waals surface area contributed by atoms with Gasteiger partial charge >= 0.3 is 5.97 Å². The molecule has 4 rings (SSSR count). The maximum atomic E-state index is 12.7. The molecule has 0 amide bonds. The fourth-order valence-electron chi connectivity index (χ4n) is 4.95. The summed E-state index contributed by atoms with van der Waals surface area (Å²) in [5.74, 6) is 7.33. The van der Waals surface area contributed by atoms with Crippen molar-refractivity contribution in [2.24, 2.45) is 5.92 Å². The summed E-state index contributed by atoms with van der Waals surface area (Å²) in [4.78, 5) is 16.4. The number of esters is 1. The number of hydrogen-bond acceptors (Lipinski definition) is 3. The van der Waals surface area contributed by atoms with Crippen molar-refractivity contribution in [2.75, 3.05) is 6.61 Å². The zero-order valence-electron chi connectivity index (χ0n) is 23.1. The van der Waals surface area contributed by atoms with Gasteiger partial charge in [-0.2, -0.15) is 0 Å². The number of ether oxygens (including phenoxy) is 2. The van der Waals surface area contributed by atoms with Crippen LogP contribution in [0.3, 0.4) is 0 Å². The van der Waals surface area contributed by atoms with E-state index in [1.165, 1.54) is 40.4 Å². The first kappa shape index (κ1) is 27.9. The van der Waals surface area contributed by atoms with Crippen molar-refractivity contribution in [3.63, 3.8) is 0 Å². The maximum Gasteiger partial charge on any atom is 0.345 e. The quantitative estimate of drug-likeness (QED) is 0.135. The standard InChI is InChI=1S/C34H39O3S/c1-26-23-31(38(29-17-11-7-12-18-29)30-19-13-8-14-20-30)24-27(2)33(26)36-25-32(35)37-34(3,4)22-21-28-15-9-5-6-10-16-28/h7-8,11-14,17-20,23-24,28H,5-6,9-10,15-16,25H2,1-4H3/q+1. The smallest absolute Gasteiger partial charge is 0.345 e. The van der Waals surface area contributed by atoms with Gasteiger partial charge in [-0.05, 0) is 75.9 Å². The van der Waals surface area contributed by atoms with Crippen molar-refractivity contribution in [2.45, 2.75) is 86.5 Å². The third kappa shape index (κ3) is 7.68. The fraction of sp³-hybridized carbons (Fsp3) is 0.382. The molecule has 0 aromatic heterocycles. The highest BCUT2D eigenvalue weighted by Gasteiger charge is 2.30. The highest BCUT2D eigenvalue weighted by Crippen LogP contribution is 2.35. The van der Waals surface area contributed by atoms with Gasteiger partial charge in [-0.15, -0.1) is 0 Å². The van der Waals surface area contributed by atoms with Gasteiger partial charge in [-0.1, -0.05) is 73.9 Å². The van der Waals surface area contributed by atoms with Gasteiger partial charge in [0.1, 0.15) is 5.75 Å². The molecule has 1 fully saturated rings. The van der Waals surface area contributed by atoms with Crippen LogP contribution in [0.2, 0.25) is 0 Å². The summed E-state index contributed by atoms with van der Waals surface area (Å²) < 4.78 is 11.7. The summed E-state index contributed by atoms with van der Waals surface area (Å²) in [5.41, 5.74) is 1.18. The molecule has 198 valence electrons. The van der Waals surface area contributed by atoms with Gasteiger partial charge in [-0.25, -0.2) is 4.79 Å². The van der Waals surface area contributed by atoms with E-state index in [0.717, 1.165) is 29.7 Å². The van der Waals surface area contributed by atoms with Gasteiger partial charge in [0.05, 0.1) is 10.9 Å². The minimum atomic E-state index is -0.833. The first-order valence-electron chi connectivity index (χ1n) is 13.7. The van der Waals surface area contributed by atoms with Gasteiger partial charge in [0.25, 0.3) is 0 Å². The molecule has 4 heteroatoms. The molecule has 1 aliphatic carbocycles. The van der Waals surface area contributed by atoms with Crippen molar-refractivity contribution in [1.29, 1.82) is 0 Å². The SMILES string of the molecule is Cc1cc([S+](c2ccccc2)c2ccccc2)cc(C)c1OCC(=O)OC(C)(C)C#CC1CCCCCC1. The van der Waals surface area contributed by atoms with E-state index in [1.54, 1.807) is 0 Å². The molecule has 3 aromatic rings. The molecule has 0 unspecified atom stereocenters. The van der Waals surface area contributed by atoms with Crippen LogP contribution in [0.25, 0.3) is 0 Å². The fourth-order valence-corrected chi connectivity index (χ4v) is 7.21. The summed E-state index contributed by atoms with van der Waals surface area (Å²) >= 11 is 0. The third-order valence-corrected chi connectivity index (χ3v) is 8.96. The Morgan fingerprint density at radius 2 is 1.37 bits per heavy atom. The van der Waals surface area contributed by atoms with Gasteiger partial charge in [0.15, 0.2) is 26.9 Å². The van der Waals surface area contributed by atoms with Crippen LogP contribution < -0.4 is 4.74 Å². The van der Waals surface area contributed by atoms with Crippen LogP contribution in [0.1, 0.15) is 63.5 Å². The molecule has 0 heterocycles. The predicted molar refractivity (Wildman–Crippen MR) is 156 cm³/mol. The minimum absolute atomic E-state index is 0.140. The van der Waals surface area contributed by atoms with E-state index in [1.807, 2.05) is 39.8 Å². The Morgan fingerprint density at radius 3 is 1.89 bits per heavy atom. The van der Waals surface area contributed by atoms with E-state index in [-0.39, 0.29) is 17.5 Å². The van der Waals surface area contributed by atoms with E-state index in [0.29, 0.717) is 5.92 Å². The molecule has 0 saturated heterocycles. The lowest BCUT2D eigenvalue weighted by Gasteiger charge is -2.20. The van der Waals surface area contributed by atoms with Gasteiger partial charge in [0.2, 0.25) is 0 Å². The van der Waals surface area contributed by atoms with Crippen LogP contribution in [0.4, 0.5) is 0 Å². The third-order valence-electron chi connectivity index (χ3n) is 6.76. The molecular formula is C34H39O3S+. The summed E-state index contributed by atoms with van der Waals surface area (Å²) in [5, 5.41) is 0. The Balaban J connectivity index is 1.45. The molecule has 1 saturated carbocycles. The average Bonchev–Trinajstić information content (AvgIpc) is 3.17. The number of carbonyl (C=O) groups is 1. The van der Waals surface area contributed by atoms with Crippen molar-refractivity contribution in [3.8, 4) is 17.6 Å². The number of aryl methyl sites for hydroxylation is 2. The molecule has 38 heavy (non-hydrogen) atoms. The lowest BCUT2D eigenvalue weighted by atomic mass is 9.99. The number of carbonyl (C=O) groups excluding carboxylic acids is 1. The molecule has 0 aliphatic heterocycles. The largest absolute Gasteiger partial charge is 0.481 e. The Morgan fingerprint density at radius 1 is 0.842 bits per heavy atom. The van der Waals surface area contributed by atoms with Crippen LogP contribution in [0.15, 0.2) is 87.5 Å². The first-order chi connectivity index (χ1) is 18.3. The zero-order chi connectivity index (χ0) is 27.0. The summed E-state index contributed by atoms with van der Waals surface area (Å²) in [7, 11) is -0.238. The predicted octanol–water partition coefficient (Wildman–Crippen LogP) is 8.07. The van der Waals surface area contributed by atoms with Crippen LogP contribution in [0.5, 0.6) is 5.75 Å². The van der Waals surface area contributed by atoms with Gasteiger partial charge in [-0.3, -0.25) is 0 Å². The van der Waals surface area contributed by atoms with E-state index < -0.39 is 11.6 Å². The molecule has 3 aromatic carbocycles. The average molecular weight is 528 g/mol. The van der Waals surface area contributed by atoms with Gasteiger partial charge in [0, 0.05) is 18.1 Å². The Kier molecular flexibility index (Phi) is 9.58. The molecule has 0 spiro atoms. The Bertz CT molecular complexity index is 1200. The summed E-state index contributed by atoms with van der Waals surface area (Å²) in [6.45, 7) is 7.65. The normalized spacial score (nSPS) is 14.3.